The van der Waals surface area contributed by atoms with Crippen molar-refractivity contribution in [3.05, 3.63) is 40.5 Å². The molecule has 2 heterocycles. The number of rotatable bonds is 6. The van der Waals surface area contributed by atoms with Gasteiger partial charge in [0, 0.05) is 57.6 Å². The Labute approximate surface area is 227 Å². The molecular weight excluding hydrogens is 571 g/mol. The molecule has 1 atom stereocenters. The van der Waals surface area contributed by atoms with E-state index in [-0.39, 0.29) is 54.6 Å². The van der Waals surface area contributed by atoms with Gasteiger partial charge in [0.15, 0.2) is 0 Å². The Morgan fingerprint density at radius 2 is 1.85 bits per heavy atom. The molecule has 1 N–H and O–H groups in total. The maximum Gasteiger partial charge on any atom is 0.416 e. The van der Waals surface area contributed by atoms with E-state index in [1.165, 1.54) is 15.2 Å². The third-order valence-corrected chi connectivity index (χ3v) is 9.61. The van der Waals surface area contributed by atoms with Crippen molar-refractivity contribution in [2.24, 2.45) is 7.05 Å². The van der Waals surface area contributed by atoms with Crippen molar-refractivity contribution in [3.63, 3.8) is 0 Å². The number of aromatic nitrogens is 3. The lowest BCUT2D eigenvalue weighted by Crippen LogP contribution is -2.65. The molecule has 4 rings (SSSR count). The molecule has 1 amide bonds. The van der Waals surface area contributed by atoms with Crippen LogP contribution >= 0.6 is 11.6 Å². The Morgan fingerprint density at radius 3 is 2.38 bits per heavy atom. The number of nitrogens with one attached hydrogen (secondary N) is 1. The van der Waals surface area contributed by atoms with Gasteiger partial charge in [0.05, 0.1) is 22.3 Å². The van der Waals surface area contributed by atoms with Gasteiger partial charge in [-0.05, 0) is 38.0 Å². The normalized spacial score (nSPS) is 22.5. The summed E-state index contributed by atoms with van der Waals surface area (Å²) in [7, 11) is -2.39. The first-order valence-electron chi connectivity index (χ1n) is 12.2. The number of hydrogen-bond acceptors (Lipinski definition) is 6. The first-order chi connectivity index (χ1) is 18.0. The average Bonchev–Trinajstić information content (AvgIpc) is 3.30. The Hall–Kier alpha value is -2.36. The topological polar surface area (TPSA) is 100 Å². The summed E-state index contributed by atoms with van der Waals surface area (Å²) in [5, 5.41) is 9.48. The average molecular weight is 599 g/mol. The van der Waals surface area contributed by atoms with Crippen molar-refractivity contribution < 1.29 is 35.2 Å². The zero-order valence-corrected chi connectivity index (χ0v) is 22.8. The molecule has 1 aromatic heterocycles. The fourth-order valence-electron chi connectivity index (χ4n) is 5.19. The van der Waals surface area contributed by atoms with Crippen LogP contribution in [0, 0.1) is 0 Å². The molecule has 0 spiro atoms. The maximum atomic E-state index is 14.1. The quantitative estimate of drug-likeness (QED) is 0.511. The van der Waals surface area contributed by atoms with Gasteiger partial charge >= 0.3 is 6.18 Å². The van der Waals surface area contributed by atoms with Gasteiger partial charge in [-0.15, -0.1) is 5.10 Å². The van der Waals surface area contributed by atoms with Gasteiger partial charge in [-0.2, -0.15) is 17.5 Å². The van der Waals surface area contributed by atoms with Gasteiger partial charge in [0.1, 0.15) is 0 Å². The minimum atomic E-state index is -4.63. The van der Waals surface area contributed by atoms with Crippen molar-refractivity contribution in [2.45, 2.75) is 61.3 Å². The Kier molecular flexibility index (Phi) is 8.02. The summed E-state index contributed by atoms with van der Waals surface area (Å²) < 4.78 is 95.9. The molecule has 1 aliphatic heterocycles. The highest BCUT2D eigenvalue weighted by molar-refractivity contribution is 7.89. The predicted molar refractivity (Wildman–Crippen MR) is 131 cm³/mol. The highest BCUT2D eigenvalue weighted by Gasteiger charge is 2.49. The standard InChI is InChI=1S/C23H28ClF5N6O3S/c1-15-12-34(9-10-35(15)39(37,38)19-13-33(2)32-31-19)21(5-7-22(25,26)8-6-21)14-30-20(36)17-4-3-16(11-18(17)24)23(27,28)29/h3-4,11,13,15H,5-10,12,14H2,1-2H3,(H,30,36). The van der Waals surface area contributed by atoms with Gasteiger partial charge in [-0.25, -0.2) is 17.2 Å². The number of benzene rings is 1. The van der Waals surface area contributed by atoms with E-state index in [1.807, 2.05) is 4.90 Å². The fraction of sp³-hybridized carbons (Fsp3) is 0.609. The molecule has 1 unspecified atom stereocenters. The number of aryl methyl sites for hydroxylation is 1. The molecule has 0 bridgehead atoms. The Morgan fingerprint density at radius 1 is 1.18 bits per heavy atom. The molecule has 16 heteroatoms. The summed E-state index contributed by atoms with van der Waals surface area (Å²) in [6, 6.07) is 1.84. The summed E-state index contributed by atoms with van der Waals surface area (Å²) >= 11 is 5.96. The molecule has 39 heavy (non-hydrogen) atoms. The SMILES string of the molecule is CC1CN(C2(CNC(=O)c3ccc(C(F)(F)F)cc3Cl)CCC(F)(F)CC2)CCN1S(=O)(=O)c1cn(C)nn1. The van der Waals surface area contributed by atoms with Crippen LogP contribution in [0.25, 0.3) is 0 Å². The third kappa shape index (κ3) is 6.20. The highest BCUT2D eigenvalue weighted by atomic mass is 35.5. The van der Waals surface area contributed by atoms with E-state index in [1.54, 1.807) is 14.0 Å². The van der Waals surface area contributed by atoms with Crippen LogP contribution in [0.3, 0.4) is 0 Å². The molecule has 1 aliphatic carbocycles. The number of amides is 1. The minimum absolute atomic E-state index is 0.0324. The molecule has 0 radical (unpaired) electrons. The molecule has 2 aliphatic rings. The van der Waals surface area contributed by atoms with Crippen LogP contribution in [0.2, 0.25) is 5.02 Å². The lowest BCUT2D eigenvalue weighted by atomic mass is 9.77. The van der Waals surface area contributed by atoms with Crippen LogP contribution < -0.4 is 5.32 Å². The summed E-state index contributed by atoms with van der Waals surface area (Å²) in [6.07, 6.45) is -4.11. The monoisotopic (exact) mass is 598 g/mol. The maximum absolute atomic E-state index is 14.1. The highest BCUT2D eigenvalue weighted by Crippen LogP contribution is 2.42. The molecule has 1 aromatic carbocycles. The largest absolute Gasteiger partial charge is 0.416 e. The lowest BCUT2D eigenvalue weighted by molar-refractivity contribution is -0.137. The zero-order chi connectivity index (χ0) is 28.8. The summed E-state index contributed by atoms with van der Waals surface area (Å²) in [5.74, 6) is -3.60. The van der Waals surface area contributed by atoms with Crippen LogP contribution in [-0.2, 0) is 23.2 Å². The van der Waals surface area contributed by atoms with E-state index in [0.29, 0.717) is 6.07 Å². The van der Waals surface area contributed by atoms with Crippen molar-refractivity contribution >= 4 is 27.5 Å². The number of piperazine rings is 1. The van der Waals surface area contributed by atoms with E-state index in [2.05, 4.69) is 15.6 Å². The molecule has 216 valence electrons. The van der Waals surface area contributed by atoms with Crippen LogP contribution in [0.15, 0.2) is 29.4 Å². The summed E-state index contributed by atoms with van der Waals surface area (Å²) in [5.41, 5.74) is -2.08. The Bertz CT molecular complexity index is 1330. The van der Waals surface area contributed by atoms with E-state index in [0.717, 1.165) is 12.1 Å². The lowest BCUT2D eigenvalue weighted by Gasteiger charge is -2.52. The van der Waals surface area contributed by atoms with Crippen molar-refractivity contribution in [3.8, 4) is 0 Å². The molecule has 9 nitrogen and oxygen atoms in total. The predicted octanol–water partition coefficient (Wildman–Crippen LogP) is 3.56. The van der Waals surface area contributed by atoms with Gasteiger partial charge in [0.25, 0.3) is 15.9 Å². The van der Waals surface area contributed by atoms with E-state index < -0.39 is 58.0 Å². The van der Waals surface area contributed by atoms with Crippen molar-refractivity contribution in [1.29, 1.82) is 0 Å². The van der Waals surface area contributed by atoms with E-state index >= 15 is 0 Å². The zero-order valence-electron chi connectivity index (χ0n) is 21.2. The molecular formula is C23H28ClF5N6O3S. The van der Waals surface area contributed by atoms with E-state index in [4.69, 9.17) is 11.6 Å². The summed E-state index contributed by atoms with van der Waals surface area (Å²) in [6.45, 7) is 2.12. The number of alkyl halides is 5. The first-order valence-corrected chi connectivity index (χ1v) is 14.0. The van der Waals surface area contributed by atoms with E-state index in [9.17, 15) is 35.2 Å². The Balaban J connectivity index is 1.51. The van der Waals surface area contributed by atoms with Crippen LogP contribution in [0.5, 0.6) is 0 Å². The fourth-order valence-corrected chi connectivity index (χ4v) is 6.99. The number of carbonyl (C=O) groups is 1. The second kappa shape index (κ2) is 10.6. The third-order valence-electron chi connectivity index (χ3n) is 7.42. The molecule has 1 saturated carbocycles. The number of carbonyl (C=O) groups excluding carboxylic acids is 1. The van der Waals surface area contributed by atoms with Crippen LogP contribution in [0.1, 0.15) is 48.5 Å². The van der Waals surface area contributed by atoms with Crippen LogP contribution in [0.4, 0.5) is 22.0 Å². The smallest absolute Gasteiger partial charge is 0.350 e. The van der Waals surface area contributed by atoms with Gasteiger partial charge in [0.2, 0.25) is 10.9 Å². The first kappa shape index (κ1) is 29.6. The second-order valence-corrected chi connectivity index (χ2v) is 12.3. The van der Waals surface area contributed by atoms with Gasteiger partial charge < -0.3 is 5.32 Å². The van der Waals surface area contributed by atoms with Gasteiger partial charge in [-0.3, -0.25) is 14.4 Å². The number of hydrogen-bond donors (Lipinski definition) is 1. The number of sulfonamides is 1. The van der Waals surface area contributed by atoms with Crippen LogP contribution in [-0.4, -0.2) is 82.2 Å². The second-order valence-electron chi connectivity index (χ2n) is 10.1. The molecule has 1 saturated heterocycles. The molecule has 2 fully saturated rings. The van der Waals surface area contributed by atoms with Crippen molar-refractivity contribution in [1.82, 2.24) is 29.5 Å². The number of nitrogens with zero attached hydrogens (tertiary/aromatic N) is 5. The summed E-state index contributed by atoms with van der Waals surface area (Å²) in [4.78, 5) is 14.8. The van der Waals surface area contributed by atoms with Gasteiger partial charge in [-0.1, -0.05) is 16.8 Å². The minimum Gasteiger partial charge on any atom is -0.350 e. The molecule has 2 aromatic rings. The number of halogens is 6. The van der Waals surface area contributed by atoms with Crippen molar-refractivity contribution in [2.75, 3.05) is 26.2 Å².